The molecule has 100 valence electrons. The topological polar surface area (TPSA) is 59.5 Å². The molecular weight excluding hydrogens is 244 g/mol. The van der Waals surface area contributed by atoms with E-state index in [0.717, 1.165) is 23.3 Å². The van der Waals surface area contributed by atoms with Crippen LogP contribution in [0.5, 0.6) is 0 Å². The molecule has 0 saturated heterocycles. The highest BCUT2D eigenvalue weighted by atomic mass is 16.6. The first-order valence-electron chi connectivity index (χ1n) is 6.40. The highest BCUT2D eigenvalue weighted by Crippen LogP contribution is 2.43. The molecule has 0 bridgehead atoms. The Bertz CT molecular complexity index is 662. The van der Waals surface area contributed by atoms with Crippen molar-refractivity contribution in [2.45, 2.75) is 25.8 Å². The number of fused-ring (bicyclic) bond motifs is 3. The summed E-state index contributed by atoms with van der Waals surface area (Å²) in [6.45, 7) is 5.11. The summed E-state index contributed by atoms with van der Waals surface area (Å²) in [6, 6.07) is 5.35. The average Bonchev–Trinajstić information content (AvgIpc) is 2.75. The molecule has 19 heavy (non-hydrogen) atoms. The maximum atomic E-state index is 11.1. The molecular formula is C14H16N2O3. The number of likely N-dealkylation sites (N-methyl/N-ethyl adjacent to an activating group) is 1. The molecule has 0 aliphatic carbocycles. The van der Waals surface area contributed by atoms with E-state index >= 15 is 0 Å². The highest BCUT2D eigenvalue weighted by molar-refractivity contribution is 5.90. The molecule has 2 heterocycles. The van der Waals surface area contributed by atoms with Gasteiger partial charge >= 0.3 is 5.69 Å². The standard InChI is InChI=1S/C14H16N2O3/c1-8-7-15(3)9(2)12-10-5-4-6-11(16(17)18)14(10)19-13(8)12/h4-6,8-9H,7H2,1-3H3/t8-,9+/m1/s1. The number of para-hydroxylation sites is 1. The van der Waals surface area contributed by atoms with Crippen molar-refractivity contribution in [3.63, 3.8) is 0 Å². The Balaban J connectivity index is 2.34. The third kappa shape index (κ3) is 1.65. The first-order chi connectivity index (χ1) is 9.00. The van der Waals surface area contributed by atoms with E-state index in [1.54, 1.807) is 6.07 Å². The number of hydrogen-bond acceptors (Lipinski definition) is 4. The lowest BCUT2D eigenvalue weighted by Gasteiger charge is -2.32. The second-order valence-electron chi connectivity index (χ2n) is 5.31. The van der Waals surface area contributed by atoms with Gasteiger partial charge in [0, 0.05) is 35.5 Å². The summed E-state index contributed by atoms with van der Waals surface area (Å²) in [5.74, 6) is 1.15. The lowest BCUT2D eigenvalue weighted by Crippen LogP contribution is -2.31. The summed E-state index contributed by atoms with van der Waals surface area (Å²) in [7, 11) is 2.07. The fourth-order valence-corrected chi connectivity index (χ4v) is 2.98. The summed E-state index contributed by atoms with van der Waals surface area (Å²) in [5, 5.41) is 12.0. The normalized spacial score (nSPS) is 23.5. The fraction of sp³-hybridized carbons (Fsp3) is 0.429. The molecule has 2 atom stereocenters. The van der Waals surface area contributed by atoms with Crippen molar-refractivity contribution in [3.05, 3.63) is 39.6 Å². The van der Waals surface area contributed by atoms with Gasteiger partial charge in [0.05, 0.1) is 4.92 Å². The van der Waals surface area contributed by atoms with Gasteiger partial charge in [0.15, 0.2) is 0 Å². The molecule has 0 unspecified atom stereocenters. The van der Waals surface area contributed by atoms with Crippen LogP contribution in [-0.4, -0.2) is 23.4 Å². The van der Waals surface area contributed by atoms with Gasteiger partial charge in [-0.3, -0.25) is 15.0 Å². The largest absolute Gasteiger partial charge is 0.453 e. The number of hydrogen-bond donors (Lipinski definition) is 0. The van der Waals surface area contributed by atoms with Crippen LogP contribution >= 0.6 is 0 Å². The third-order valence-electron chi connectivity index (χ3n) is 4.05. The molecule has 1 aliphatic rings. The predicted molar refractivity (Wildman–Crippen MR) is 72.3 cm³/mol. The maximum Gasteiger partial charge on any atom is 0.312 e. The number of non-ortho nitro benzene ring substituents is 1. The van der Waals surface area contributed by atoms with Gasteiger partial charge in [0.1, 0.15) is 5.76 Å². The average molecular weight is 260 g/mol. The van der Waals surface area contributed by atoms with E-state index in [1.807, 2.05) is 6.07 Å². The molecule has 3 rings (SSSR count). The van der Waals surface area contributed by atoms with Gasteiger partial charge in [-0.25, -0.2) is 0 Å². The zero-order valence-electron chi connectivity index (χ0n) is 11.2. The van der Waals surface area contributed by atoms with Gasteiger partial charge in [-0.05, 0) is 14.0 Å². The van der Waals surface area contributed by atoms with Crippen molar-refractivity contribution in [1.29, 1.82) is 0 Å². The van der Waals surface area contributed by atoms with Gasteiger partial charge in [0.2, 0.25) is 5.58 Å². The molecule has 1 aliphatic heterocycles. The minimum atomic E-state index is -0.379. The fourth-order valence-electron chi connectivity index (χ4n) is 2.98. The van der Waals surface area contributed by atoms with Gasteiger partial charge in [-0.15, -0.1) is 0 Å². The zero-order valence-corrected chi connectivity index (χ0v) is 11.2. The Morgan fingerprint density at radius 1 is 1.42 bits per heavy atom. The molecule has 1 aromatic heterocycles. The molecule has 5 nitrogen and oxygen atoms in total. The molecule has 0 radical (unpaired) electrons. The highest BCUT2D eigenvalue weighted by Gasteiger charge is 2.33. The lowest BCUT2D eigenvalue weighted by molar-refractivity contribution is -0.383. The number of furan rings is 1. The number of rotatable bonds is 1. The van der Waals surface area contributed by atoms with Crippen LogP contribution in [0.25, 0.3) is 11.0 Å². The van der Waals surface area contributed by atoms with Crippen LogP contribution in [0.2, 0.25) is 0 Å². The van der Waals surface area contributed by atoms with Crippen molar-refractivity contribution in [2.75, 3.05) is 13.6 Å². The van der Waals surface area contributed by atoms with Gasteiger partial charge in [-0.1, -0.05) is 19.1 Å². The SMILES string of the molecule is C[C@@H]1CN(C)[C@@H](C)c2c1oc1c([N+](=O)[O-])cccc21. The Morgan fingerprint density at radius 3 is 2.84 bits per heavy atom. The van der Waals surface area contributed by atoms with Crippen molar-refractivity contribution in [1.82, 2.24) is 4.90 Å². The van der Waals surface area contributed by atoms with Crippen LogP contribution in [0.15, 0.2) is 22.6 Å². The quantitative estimate of drug-likeness (QED) is 0.582. The van der Waals surface area contributed by atoms with E-state index < -0.39 is 0 Å². The van der Waals surface area contributed by atoms with E-state index in [1.165, 1.54) is 6.07 Å². The third-order valence-corrected chi connectivity index (χ3v) is 4.05. The van der Waals surface area contributed by atoms with Gasteiger partial charge in [0.25, 0.3) is 0 Å². The van der Waals surface area contributed by atoms with Gasteiger partial charge in [-0.2, -0.15) is 0 Å². The molecule has 0 N–H and O–H groups in total. The summed E-state index contributed by atoms with van der Waals surface area (Å²) >= 11 is 0. The molecule has 5 heteroatoms. The summed E-state index contributed by atoms with van der Waals surface area (Å²) in [6.07, 6.45) is 0. The lowest BCUT2D eigenvalue weighted by atomic mass is 9.92. The van der Waals surface area contributed by atoms with Crippen LogP contribution < -0.4 is 0 Å². The van der Waals surface area contributed by atoms with Crippen molar-refractivity contribution >= 4 is 16.7 Å². The van der Waals surface area contributed by atoms with E-state index in [4.69, 9.17) is 4.42 Å². The minimum Gasteiger partial charge on any atom is -0.453 e. The first-order valence-corrected chi connectivity index (χ1v) is 6.40. The smallest absolute Gasteiger partial charge is 0.312 e. The van der Waals surface area contributed by atoms with Crippen LogP contribution in [-0.2, 0) is 0 Å². The van der Waals surface area contributed by atoms with E-state index in [2.05, 4.69) is 25.8 Å². The Labute approximate surface area is 111 Å². The Hall–Kier alpha value is -1.88. The summed E-state index contributed by atoms with van der Waals surface area (Å²) in [5.41, 5.74) is 1.56. The van der Waals surface area contributed by atoms with Crippen LogP contribution in [0, 0.1) is 10.1 Å². The second-order valence-corrected chi connectivity index (χ2v) is 5.31. The molecule has 2 aromatic rings. The Morgan fingerprint density at radius 2 is 2.16 bits per heavy atom. The number of nitrogens with zero attached hydrogens (tertiary/aromatic N) is 2. The van der Waals surface area contributed by atoms with E-state index in [9.17, 15) is 10.1 Å². The van der Waals surface area contributed by atoms with Gasteiger partial charge < -0.3 is 4.42 Å². The summed E-state index contributed by atoms with van der Waals surface area (Å²) in [4.78, 5) is 13.0. The Kier molecular flexibility index (Phi) is 2.60. The monoisotopic (exact) mass is 260 g/mol. The van der Waals surface area contributed by atoms with Crippen LogP contribution in [0.3, 0.4) is 0 Å². The zero-order chi connectivity index (χ0) is 13.7. The van der Waals surface area contributed by atoms with Crippen LogP contribution in [0.1, 0.15) is 37.1 Å². The van der Waals surface area contributed by atoms with Crippen molar-refractivity contribution in [2.24, 2.45) is 0 Å². The molecule has 0 spiro atoms. The molecule has 0 fully saturated rings. The number of benzene rings is 1. The first kappa shape index (κ1) is 12.2. The molecule has 1 aromatic carbocycles. The predicted octanol–water partition coefficient (Wildman–Crippen LogP) is 3.45. The number of nitro benzene ring substituents is 1. The van der Waals surface area contributed by atoms with E-state index in [-0.39, 0.29) is 22.6 Å². The second kappa shape index (κ2) is 4.06. The maximum absolute atomic E-state index is 11.1. The van der Waals surface area contributed by atoms with Crippen molar-refractivity contribution in [3.8, 4) is 0 Å². The molecule has 0 saturated carbocycles. The van der Waals surface area contributed by atoms with Crippen molar-refractivity contribution < 1.29 is 9.34 Å². The van der Waals surface area contributed by atoms with Crippen LogP contribution in [0.4, 0.5) is 5.69 Å². The molecule has 0 amide bonds. The summed E-state index contributed by atoms with van der Waals surface area (Å²) < 4.78 is 5.85. The minimum absolute atomic E-state index is 0.0500. The number of nitro groups is 1. The van der Waals surface area contributed by atoms with E-state index in [0.29, 0.717) is 5.58 Å².